The van der Waals surface area contributed by atoms with Gasteiger partial charge < -0.3 is 5.73 Å². The minimum absolute atomic E-state index is 0.0638. The van der Waals surface area contributed by atoms with Crippen LogP contribution in [-0.2, 0) is 12.7 Å². The molecule has 23 heavy (non-hydrogen) atoms. The first-order valence-electron chi connectivity index (χ1n) is 6.63. The van der Waals surface area contributed by atoms with Crippen molar-refractivity contribution >= 4 is 16.8 Å². The quantitative estimate of drug-likeness (QED) is 0.806. The molecule has 0 unspecified atom stereocenters. The molecule has 0 aliphatic carbocycles. The third-order valence-electron chi connectivity index (χ3n) is 3.36. The van der Waals surface area contributed by atoms with E-state index >= 15 is 0 Å². The van der Waals surface area contributed by atoms with Crippen LogP contribution in [-0.4, -0.2) is 20.7 Å². The van der Waals surface area contributed by atoms with Crippen LogP contribution in [0.3, 0.4) is 0 Å². The molecule has 3 rings (SSSR count). The van der Waals surface area contributed by atoms with E-state index in [0.717, 1.165) is 6.20 Å². The Hall–Kier alpha value is -2.90. The molecule has 2 heterocycles. The number of carbonyl (C=O) groups is 1. The maximum absolute atomic E-state index is 13.1. The number of rotatable bonds is 3. The topological polar surface area (TPSA) is 73.8 Å². The summed E-state index contributed by atoms with van der Waals surface area (Å²) >= 11 is 0. The average molecular weight is 320 g/mol. The number of nitrogens with two attached hydrogens (primary N) is 1. The molecule has 0 atom stereocenters. The summed E-state index contributed by atoms with van der Waals surface area (Å²) in [4.78, 5) is 14.9. The largest absolute Gasteiger partial charge is 0.435 e. The normalized spacial score (nSPS) is 11.8. The minimum atomic E-state index is -4.57. The van der Waals surface area contributed by atoms with Crippen LogP contribution in [0.15, 0.2) is 42.7 Å². The van der Waals surface area contributed by atoms with Crippen molar-refractivity contribution in [2.75, 3.05) is 0 Å². The number of halogens is 3. The first-order valence-corrected chi connectivity index (χ1v) is 6.63. The summed E-state index contributed by atoms with van der Waals surface area (Å²) in [5.41, 5.74) is 5.46. The molecule has 0 saturated carbocycles. The lowest BCUT2D eigenvalue weighted by Gasteiger charge is -2.05. The Morgan fingerprint density at radius 2 is 2.04 bits per heavy atom. The van der Waals surface area contributed by atoms with Crippen LogP contribution >= 0.6 is 0 Å². The van der Waals surface area contributed by atoms with Gasteiger partial charge in [-0.2, -0.15) is 18.3 Å². The number of hydrogen-bond donors (Lipinski definition) is 1. The number of hydrogen-bond acceptors (Lipinski definition) is 3. The summed E-state index contributed by atoms with van der Waals surface area (Å²) < 4.78 is 40.5. The highest BCUT2D eigenvalue weighted by molar-refractivity contribution is 5.92. The summed E-state index contributed by atoms with van der Waals surface area (Å²) in [6.45, 7) is 0.0811. The zero-order chi connectivity index (χ0) is 16.6. The van der Waals surface area contributed by atoms with E-state index < -0.39 is 17.8 Å². The van der Waals surface area contributed by atoms with E-state index in [4.69, 9.17) is 5.73 Å². The third kappa shape index (κ3) is 2.87. The molecule has 1 amide bonds. The molecule has 118 valence electrons. The minimum Gasteiger partial charge on any atom is -0.366 e. The van der Waals surface area contributed by atoms with Crippen molar-refractivity contribution in [3.05, 3.63) is 59.5 Å². The van der Waals surface area contributed by atoms with Gasteiger partial charge >= 0.3 is 6.18 Å². The van der Waals surface area contributed by atoms with Gasteiger partial charge in [-0.1, -0.05) is 12.1 Å². The van der Waals surface area contributed by atoms with Gasteiger partial charge in [-0.25, -0.2) is 0 Å². The van der Waals surface area contributed by atoms with Crippen LogP contribution in [0.4, 0.5) is 13.2 Å². The monoisotopic (exact) mass is 320 g/mol. The predicted octanol–water partition coefficient (Wildman–Crippen LogP) is 2.60. The standard InChI is InChI=1S/C15H11F3N4O/c16-15(17,18)13-11-7-20-5-4-12(11)22(21-13)8-9-2-1-3-10(6-9)14(19)23/h1-7H,8H2,(H2,19,23). The fourth-order valence-electron chi connectivity index (χ4n) is 2.35. The zero-order valence-corrected chi connectivity index (χ0v) is 11.7. The predicted molar refractivity (Wildman–Crippen MR) is 76.6 cm³/mol. The molecular weight excluding hydrogens is 309 g/mol. The van der Waals surface area contributed by atoms with Crippen molar-refractivity contribution in [1.82, 2.24) is 14.8 Å². The summed E-state index contributed by atoms with van der Waals surface area (Å²) in [7, 11) is 0. The van der Waals surface area contributed by atoms with Crippen LogP contribution in [0.5, 0.6) is 0 Å². The second-order valence-electron chi connectivity index (χ2n) is 4.96. The highest BCUT2D eigenvalue weighted by Gasteiger charge is 2.36. The highest BCUT2D eigenvalue weighted by Crippen LogP contribution is 2.33. The Morgan fingerprint density at radius 3 is 2.74 bits per heavy atom. The number of amides is 1. The van der Waals surface area contributed by atoms with E-state index in [1.807, 2.05) is 0 Å². The maximum atomic E-state index is 13.1. The SMILES string of the molecule is NC(=O)c1cccc(Cn2nc(C(F)(F)F)c3cnccc32)c1. The van der Waals surface area contributed by atoms with Crippen LogP contribution in [0.1, 0.15) is 21.6 Å². The lowest BCUT2D eigenvalue weighted by molar-refractivity contribution is -0.140. The average Bonchev–Trinajstić information content (AvgIpc) is 2.87. The molecule has 0 spiro atoms. The van der Waals surface area contributed by atoms with E-state index in [1.165, 1.54) is 29.1 Å². The Bertz CT molecular complexity index is 886. The van der Waals surface area contributed by atoms with Crippen molar-refractivity contribution in [2.45, 2.75) is 12.7 Å². The lowest BCUT2D eigenvalue weighted by atomic mass is 10.1. The number of pyridine rings is 1. The lowest BCUT2D eigenvalue weighted by Crippen LogP contribution is -2.12. The molecule has 5 nitrogen and oxygen atoms in total. The third-order valence-corrected chi connectivity index (χ3v) is 3.36. The molecule has 0 aliphatic heterocycles. The van der Waals surface area contributed by atoms with Crippen molar-refractivity contribution in [3.63, 3.8) is 0 Å². The molecule has 3 aromatic rings. The molecule has 0 fully saturated rings. The Balaban J connectivity index is 2.07. The maximum Gasteiger partial charge on any atom is 0.435 e. The van der Waals surface area contributed by atoms with Gasteiger partial charge in [0.2, 0.25) is 5.91 Å². The van der Waals surface area contributed by atoms with Gasteiger partial charge in [0, 0.05) is 18.0 Å². The second kappa shape index (κ2) is 5.38. The van der Waals surface area contributed by atoms with E-state index in [9.17, 15) is 18.0 Å². The smallest absolute Gasteiger partial charge is 0.366 e. The Labute approximate surface area is 128 Å². The van der Waals surface area contributed by atoms with Crippen LogP contribution in [0.25, 0.3) is 10.9 Å². The highest BCUT2D eigenvalue weighted by atomic mass is 19.4. The number of benzene rings is 1. The van der Waals surface area contributed by atoms with Gasteiger partial charge in [0.1, 0.15) is 0 Å². The van der Waals surface area contributed by atoms with Crippen molar-refractivity contribution in [3.8, 4) is 0 Å². The summed E-state index contributed by atoms with van der Waals surface area (Å²) in [6, 6.07) is 7.85. The first kappa shape index (κ1) is 15.0. The molecule has 0 aliphatic rings. The van der Waals surface area contributed by atoms with Crippen molar-refractivity contribution < 1.29 is 18.0 Å². The number of fused-ring (bicyclic) bond motifs is 1. The second-order valence-corrected chi connectivity index (χ2v) is 4.96. The van der Waals surface area contributed by atoms with E-state index in [1.54, 1.807) is 12.1 Å². The number of carbonyl (C=O) groups excluding carboxylic acids is 1. The molecule has 2 aromatic heterocycles. The fourth-order valence-corrected chi connectivity index (χ4v) is 2.35. The van der Waals surface area contributed by atoms with Crippen LogP contribution < -0.4 is 5.73 Å². The summed E-state index contributed by atoms with van der Waals surface area (Å²) in [5, 5.41) is 3.60. The number of nitrogens with zero attached hydrogens (tertiary/aromatic N) is 3. The van der Waals surface area contributed by atoms with Gasteiger partial charge in [-0.05, 0) is 23.8 Å². The first-order chi connectivity index (χ1) is 10.9. The summed E-state index contributed by atoms with van der Waals surface area (Å²) in [5.74, 6) is -0.600. The number of aromatic nitrogens is 3. The van der Waals surface area contributed by atoms with Crippen molar-refractivity contribution in [2.24, 2.45) is 5.73 Å². The molecular formula is C15H11F3N4O. The van der Waals surface area contributed by atoms with Gasteiger partial charge in [-0.3, -0.25) is 14.5 Å². The van der Waals surface area contributed by atoms with Crippen molar-refractivity contribution in [1.29, 1.82) is 0 Å². The number of alkyl halides is 3. The molecule has 8 heteroatoms. The van der Waals surface area contributed by atoms with E-state index in [2.05, 4.69) is 10.1 Å². The van der Waals surface area contributed by atoms with Gasteiger partial charge in [0.25, 0.3) is 0 Å². The molecule has 0 radical (unpaired) electrons. The molecule has 2 N–H and O–H groups in total. The fraction of sp³-hybridized carbons (Fsp3) is 0.133. The number of primary amides is 1. The van der Waals surface area contributed by atoms with Crippen LogP contribution in [0, 0.1) is 0 Å². The Kier molecular flexibility index (Phi) is 3.51. The van der Waals surface area contributed by atoms with Gasteiger partial charge in [-0.15, -0.1) is 0 Å². The molecule has 0 bridgehead atoms. The van der Waals surface area contributed by atoms with Crippen LogP contribution in [0.2, 0.25) is 0 Å². The van der Waals surface area contributed by atoms with Gasteiger partial charge in [0.15, 0.2) is 5.69 Å². The van der Waals surface area contributed by atoms with Gasteiger partial charge in [0.05, 0.1) is 17.4 Å². The zero-order valence-electron chi connectivity index (χ0n) is 11.7. The van der Waals surface area contributed by atoms with E-state index in [0.29, 0.717) is 11.1 Å². The molecule has 1 aromatic carbocycles. The molecule has 0 saturated heterocycles. The Morgan fingerprint density at radius 1 is 1.26 bits per heavy atom. The summed E-state index contributed by atoms with van der Waals surface area (Å²) in [6.07, 6.45) is -2.02. The van der Waals surface area contributed by atoms with E-state index in [-0.39, 0.29) is 17.5 Å².